The molecule has 3 nitrogen and oxygen atoms in total. The maximum absolute atomic E-state index is 9.39. The van der Waals surface area contributed by atoms with Crippen LogP contribution in [0.15, 0.2) is 23.2 Å². The molecule has 0 spiro atoms. The Morgan fingerprint density at radius 1 is 1.50 bits per heavy atom. The fraction of sp³-hybridized carbons (Fsp3) is 0.364. The quantitative estimate of drug-likeness (QED) is 0.705. The lowest BCUT2D eigenvalue weighted by Gasteiger charge is -2.09. The van der Waals surface area contributed by atoms with Crippen LogP contribution in [0.2, 0.25) is 0 Å². The van der Waals surface area contributed by atoms with Gasteiger partial charge in [-0.05, 0) is 23.6 Å². The average Bonchev–Trinajstić information content (AvgIpc) is 2.20. The minimum Gasteiger partial charge on any atom is -0.393 e. The molecule has 14 heavy (non-hydrogen) atoms. The van der Waals surface area contributed by atoms with E-state index in [1.165, 1.54) is 0 Å². The molecule has 0 heterocycles. The number of hydrogen-bond donors (Lipinski definition) is 2. The molecular formula is C11H15NO2. The third-order valence-corrected chi connectivity index (χ3v) is 2.12. The molecule has 0 saturated carbocycles. The zero-order chi connectivity index (χ0) is 10.6. The van der Waals surface area contributed by atoms with Crippen LogP contribution in [-0.2, 0) is 0 Å². The summed E-state index contributed by atoms with van der Waals surface area (Å²) in [4.78, 5) is 3.92. The Hall–Kier alpha value is -1.19. The van der Waals surface area contributed by atoms with Crippen molar-refractivity contribution in [2.24, 2.45) is 4.99 Å². The zero-order valence-electron chi connectivity index (χ0n) is 8.44. The number of aliphatic hydroxyl groups excluding tert-OH is 2. The van der Waals surface area contributed by atoms with Crippen molar-refractivity contribution >= 4 is 6.21 Å². The summed E-state index contributed by atoms with van der Waals surface area (Å²) in [6.45, 7) is 1.70. The lowest BCUT2D eigenvalue weighted by atomic mass is 10.0. The van der Waals surface area contributed by atoms with Crippen LogP contribution in [0.3, 0.4) is 0 Å². The van der Waals surface area contributed by atoms with E-state index in [1.54, 1.807) is 19.3 Å². The second-order valence-electron chi connectivity index (χ2n) is 3.20. The number of aliphatic imine (C=N–C) groups is 1. The molecule has 1 atom stereocenters. The topological polar surface area (TPSA) is 52.8 Å². The van der Waals surface area contributed by atoms with Crippen molar-refractivity contribution in [2.75, 3.05) is 13.7 Å². The maximum Gasteiger partial charge on any atom is 0.102 e. The van der Waals surface area contributed by atoms with Gasteiger partial charge in [0.15, 0.2) is 0 Å². The van der Waals surface area contributed by atoms with Crippen LogP contribution in [0.5, 0.6) is 0 Å². The highest BCUT2D eigenvalue weighted by molar-refractivity contribution is 5.81. The number of aliphatic hydroxyl groups is 2. The Morgan fingerprint density at radius 3 is 2.71 bits per heavy atom. The molecule has 3 heteroatoms. The van der Waals surface area contributed by atoms with Gasteiger partial charge in [0.1, 0.15) is 6.10 Å². The Kier molecular flexibility index (Phi) is 3.80. The zero-order valence-corrected chi connectivity index (χ0v) is 8.44. The van der Waals surface area contributed by atoms with Crippen molar-refractivity contribution in [3.05, 3.63) is 34.9 Å². The van der Waals surface area contributed by atoms with Crippen LogP contribution in [0.4, 0.5) is 0 Å². The lowest BCUT2D eigenvalue weighted by Crippen LogP contribution is -2.03. The molecule has 0 radical (unpaired) electrons. The molecule has 0 bridgehead atoms. The monoisotopic (exact) mass is 193 g/mol. The molecule has 0 fully saturated rings. The van der Waals surface area contributed by atoms with E-state index < -0.39 is 6.10 Å². The van der Waals surface area contributed by atoms with E-state index in [1.807, 2.05) is 19.1 Å². The smallest absolute Gasteiger partial charge is 0.102 e. The van der Waals surface area contributed by atoms with Crippen molar-refractivity contribution in [1.29, 1.82) is 0 Å². The first kappa shape index (κ1) is 10.9. The Bertz CT molecular complexity index is 334. The van der Waals surface area contributed by atoms with Crippen molar-refractivity contribution in [3.63, 3.8) is 0 Å². The predicted molar refractivity (Wildman–Crippen MR) is 56.7 cm³/mol. The summed E-state index contributed by atoms with van der Waals surface area (Å²) in [5, 5.41) is 18.2. The second kappa shape index (κ2) is 4.88. The molecule has 1 aromatic rings. The highest BCUT2D eigenvalue weighted by atomic mass is 16.3. The van der Waals surface area contributed by atoms with Crippen LogP contribution in [-0.4, -0.2) is 30.1 Å². The number of benzene rings is 1. The molecule has 2 N–H and O–H groups in total. The van der Waals surface area contributed by atoms with E-state index in [-0.39, 0.29) is 6.61 Å². The second-order valence-corrected chi connectivity index (χ2v) is 3.20. The standard InChI is InChI=1S/C11H15NO2/c1-8-5-9(11(14)7-13)3-4-10(8)6-12-2/h3-6,11,13-14H,7H2,1-2H3/b12-6-/t11-/m1/s1. The van der Waals surface area contributed by atoms with Crippen LogP contribution in [0.1, 0.15) is 22.8 Å². The van der Waals surface area contributed by atoms with Crippen molar-refractivity contribution in [1.82, 2.24) is 0 Å². The summed E-state index contributed by atoms with van der Waals surface area (Å²) in [6, 6.07) is 5.54. The summed E-state index contributed by atoms with van der Waals surface area (Å²) in [5.74, 6) is 0. The van der Waals surface area contributed by atoms with E-state index in [2.05, 4.69) is 4.99 Å². The molecule has 1 rings (SSSR count). The van der Waals surface area contributed by atoms with Crippen molar-refractivity contribution in [2.45, 2.75) is 13.0 Å². The molecular weight excluding hydrogens is 178 g/mol. The van der Waals surface area contributed by atoms with Gasteiger partial charge in [0, 0.05) is 13.3 Å². The first-order valence-corrected chi connectivity index (χ1v) is 4.50. The largest absolute Gasteiger partial charge is 0.393 e. The van der Waals surface area contributed by atoms with Crippen molar-refractivity contribution < 1.29 is 10.2 Å². The molecule has 0 amide bonds. The van der Waals surface area contributed by atoms with Crippen LogP contribution >= 0.6 is 0 Å². The molecule has 0 aliphatic rings. The first-order chi connectivity index (χ1) is 6.69. The third-order valence-electron chi connectivity index (χ3n) is 2.12. The lowest BCUT2D eigenvalue weighted by molar-refractivity contribution is 0.0956. The molecule has 0 saturated heterocycles. The first-order valence-electron chi connectivity index (χ1n) is 4.50. The van der Waals surface area contributed by atoms with Gasteiger partial charge in [0.25, 0.3) is 0 Å². The summed E-state index contributed by atoms with van der Waals surface area (Å²) < 4.78 is 0. The molecule has 76 valence electrons. The number of aryl methyl sites for hydroxylation is 1. The van der Waals surface area contributed by atoms with E-state index >= 15 is 0 Å². The van der Waals surface area contributed by atoms with E-state index in [9.17, 15) is 5.11 Å². The Morgan fingerprint density at radius 2 is 2.21 bits per heavy atom. The van der Waals surface area contributed by atoms with Gasteiger partial charge in [-0.25, -0.2) is 0 Å². The Balaban J connectivity index is 3.00. The fourth-order valence-electron chi connectivity index (χ4n) is 1.30. The number of rotatable bonds is 3. The van der Waals surface area contributed by atoms with Gasteiger partial charge in [0.2, 0.25) is 0 Å². The van der Waals surface area contributed by atoms with E-state index in [4.69, 9.17) is 5.11 Å². The SMILES string of the molecule is C/N=C\c1ccc([C@H](O)CO)cc1C. The van der Waals surface area contributed by atoms with Crippen LogP contribution in [0, 0.1) is 6.92 Å². The summed E-state index contributed by atoms with van der Waals surface area (Å²) in [7, 11) is 1.72. The van der Waals surface area contributed by atoms with Gasteiger partial charge in [-0.1, -0.05) is 18.2 Å². The minimum atomic E-state index is -0.790. The highest BCUT2D eigenvalue weighted by Crippen LogP contribution is 2.16. The molecule has 0 aliphatic heterocycles. The Labute approximate surface area is 83.7 Å². The number of hydrogen-bond acceptors (Lipinski definition) is 3. The van der Waals surface area contributed by atoms with Gasteiger partial charge >= 0.3 is 0 Å². The van der Waals surface area contributed by atoms with E-state index in [0.717, 1.165) is 16.7 Å². The van der Waals surface area contributed by atoms with Crippen LogP contribution < -0.4 is 0 Å². The minimum absolute atomic E-state index is 0.249. The van der Waals surface area contributed by atoms with Crippen LogP contribution in [0.25, 0.3) is 0 Å². The summed E-state index contributed by atoms with van der Waals surface area (Å²) >= 11 is 0. The fourth-order valence-corrected chi connectivity index (χ4v) is 1.30. The molecule has 1 aromatic carbocycles. The average molecular weight is 193 g/mol. The summed E-state index contributed by atoms with van der Waals surface area (Å²) in [6.07, 6.45) is 0.978. The van der Waals surface area contributed by atoms with Gasteiger partial charge < -0.3 is 10.2 Å². The van der Waals surface area contributed by atoms with Gasteiger partial charge in [0.05, 0.1) is 6.61 Å². The molecule has 0 aromatic heterocycles. The van der Waals surface area contributed by atoms with Gasteiger partial charge in [-0.2, -0.15) is 0 Å². The highest BCUT2D eigenvalue weighted by Gasteiger charge is 2.06. The van der Waals surface area contributed by atoms with Crippen molar-refractivity contribution in [3.8, 4) is 0 Å². The van der Waals surface area contributed by atoms with Gasteiger partial charge in [-0.3, -0.25) is 4.99 Å². The third kappa shape index (κ3) is 2.40. The molecule has 0 aliphatic carbocycles. The number of nitrogens with zero attached hydrogens (tertiary/aromatic N) is 1. The van der Waals surface area contributed by atoms with E-state index in [0.29, 0.717) is 0 Å². The normalized spacial score (nSPS) is 13.4. The maximum atomic E-state index is 9.39. The molecule has 0 unspecified atom stereocenters. The van der Waals surface area contributed by atoms with Gasteiger partial charge in [-0.15, -0.1) is 0 Å². The summed E-state index contributed by atoms with van der Waals surface area (Å²) in [5.41, 5.74) is 2.81. The predicted octanol–water partition coefficient (Wildman–Crippen LogP) is 1.07.